The Morgan fingerprint density at radius 2 is 2.04 bits per heavy atom. The van der Waals surface area contributed by atoms with Gasteiger partial charge in [-0.2, -0.15) is 10.2 Å². The topological polar surface area (TPSA) is 74.0 Å². The molecule has 2 aromatic heterocycles. The van der Waals surface area contributed by atoms with Gasteiger partial charge >= 0.3 is 0 Å². The molecule has 3 heterocycles. The predicted octanol–water partition coefficient (Wildman–Crippen LogP) is 3.29. The number of ether oxygens (including phenoxy) is 1. The van der Waals surface area contributed by atoms with E-state index < -0.39 is 0 Å². The lowest BCUT2D eigenvalue weighted by Crippen LogP contribution is -2.22. The Bertz CT molecular complexity index is 939. The molecule has 1 amide bonds. The molecule has 27 heavy (non-hydrogen) atoms. The van der Waals surface area contributed by atoms with Crippen molar-refractivity contribution in [2.75, 3.05) is 18.5 Å². The van der Waals surface area contributed by atoms with E-state index in [1.807, 2.05) is 49.0 Å². The molecule has 1 N–H and O–H groups in total. The lowest BCUT2D eigenvalue weighted by atomic mass is 10.1. The van der Waals surface area contributed by atoms with E-state index >= 15 is 0 Å². The van der Waals surface area contributed by atoms with Crippen LogP contribution in [-0.2, 0) is 4.74 Å². The maximum absolute atomic E-state index is 12.9. The van der Waals surface area contributed by atoms with E-state index in [4.69, 9.17) is 4.74 Å². The minimum absolute atomic E-state index is 0.147. The number of amides is 1. The van der Waals surface area contributed by atoms with Crippen molar-refractivity contribution in [1.29, 1.82) is 0 Å². The van der Waals surface area contributed by atoms with Crippen molar-refractivity contribution in [2.45, 2.75) is 32.7 Å². The van der Waals surface area contributed by atoms with Crippen molar-refractivity contribution < 1.29 is 9.53 Å². The molecule has 7 heteroatoms. The van der Waals surface area contributed by atoms with E-state index in [0.29, 0.717) is 11.6 Å². The Morgan fingerprint density at radius 1 is 1.22 bits per heavy atom. The summed E-state index contributed by atoms with van der Waals surface area (Å²) in [6, 6.07) is 8.05. The van der Waals surface area contributed by atoms with Crippen LogP contribution in [0, 0.1) is 13.8 Å². The Kier molecular flexibility index (Phi) is 4.77. The SMILES string of the molecule is Cc1ccc(-n2cccn2)cc1NC(=O)c1cnn(C2CCOCC2)c1C. The first-order chi connectivity index (χ1) is 13.1. The van der Waals surface area contributed by atoms with Crippen LogP contribution in [-0.4, -0.2) is 38.7 Å². The Labute approximate surface area is 157 Å². The fraction of sp³-hybridized carbons (Fsp3) is 0.350. The summed E-state index contributed by atoms with van der Waals surface area (Å²) in [6.45, 7) is 5.40. The highest BCUT2D eigenvalue weighted by Gasteiger charge is 2.22. The number of carbonyl (C=O) groups is 1. The zero-order chi connectivity index (χ0) is 18.8. The zero-order valence-electron chi connectivity index (χ0n) is 15.6. The van der Waals surface area contributed by atoms with E-state index in [-0.39, 0.29) is 5.91 Å². The van der Waals surface area contributed by atoms with E-state index in [1.165, 1.54) is 0 Å². The number of aryl methyl sites for hydroxylation is 1. The summed E-state index contributed by atoms with van der Waals surface area (Å²) in [7, 11) is 0. The average Bonchev–Trinajstić information content (AvgIpc) is 3.34. The quantitative estimate of drug-likeness (QED) is 0.770. The number of aromatic nitrogens is 4. The first-order valence-corrected chi connectivity index (χ1v) is 9.17. The third-order valence-electron chi connectivity index (χ3n) is 5.06. The number of nitrogens with zero attached hydrogens (tertiary/aromatic N) is 4. The van der Waals surface area contributed by atoms with Gasteiger partial charge in [-0.05, 0) is 50.5 Å². The maximum Gasteiger partial charge on any atom is 0.259 e. The van der Waals surface area contributed by atoms with Crippen molar-refractivity contribution in [3.63, 3.8) is 0 Å². The third-order valence-corrected chi connectivity index (χ3v) is 5.06. The van der Waals surface area contributed by atoms with Crippen LogP contribution < -0.4 is 5.32 Å². The molecular weight excluding hydrogens is 342 g/mol. The summed E-state index contributed by atoms with van der Waals surface area (Å²) in [4.78, 5) is 12.9. The number of hydrogen-bond acceptors (Lipinski definition) is 4. The van der Waals surface area contributed by atoms with Crippen LogP contribution in [0.3, 0.4) is 0 Å². The molecule has 1 aromatic carbocycles. The molecular formula is C20H23N5O2. The molecule has 4 rings (SSSR count). The van der Waals surface area contributed by atoms with Gasteiger partial charge in [0.05, 0.1) is 23.5 Å². The van der Waals surface area contributed by atoms with Crippen molar-refractivity contribution in [3.05, 3.63) is 59.7 Å². The zero-order valence-corrected chi connectivity index (χ0v) is 15.6. The van der Waals surface area contributed by atoms with Crippen molar-refractivity contribution in [1.82, 2.24) is 19.6 Å². The molecule has 1 fully saturated rings. The van der Waals surface area contributed by atoms with Gasteiger partial charge in [-0.15, -0.1) is 0 Å². The number of nitrogens with one attached hydrogen (secondary N) is 1. The largest absolute Gasteiger partial charge is 0.381 e. The second kappa shape index (κ2) is 7.36. The molecule has 3 aromatic rings. The molecule has 1 saturated heterocycles. The van der Waals surface area contributed by atoms with E-state index in [1.54, 1.807) is 17.1 Å². The molecule has 0 aliphatic carbocycles. The maximum atomic E-state index is 12.9. The smallest absolute Gasteiger partial charge is 0.259 e. The van der Waals surface area contributed by atoms with E-state index in [9.17, 15) is 4.79 Å². The third kappa shape index (κ3) is 3.50. The molecule has 0 radical (unpaired) electrons. The van der Waals surface area contributed by atoms with Gasteiger partial charge in [0.2, 0.25) is 0 Å². The molecule has 1 aliphatic heterocycles. The van der Waals surface area contributed by atoms with Gasteiger partial charge < -0.3 is 10.1 Å². The number of benzene rings is 1. The average molecular weight is 365 g/mol. The molecule has 0 saturated carbocycles. The van der Waals surface area contributed by atoms with E-state index in [2.05, 4.69) is 15.5 Å². The second-order valence-corrected chi connectivity index (χ2v) is 6.84. The van der Waals surface area contributed by atoms with Crippen LogP contribution in [0.1, 0.15) is 40.5 Å². The minimum Gasteiger partial charge on any atom is -0.381 e. The van der Waals surface area contributed by atoms with Crippen LogP contribution >= 0.6 is 0 Å². The predicted molar refractivity (Wildman–Crippen MR) is 102 cm³/mol. The fourth-order valence-electron chi connectivity index (χ4n) is 3.44. The molecule has 0 bridgehead atoms. The van der Waals surface area contributed by atoms with Gasteiger partial charge in [-0.3, -0.25) is 9.48 Å². The highest BCUT2D eigenvalue weighted by atomic mass is 16.5. The summed E-state index contributed by atoms with van der Waals surface area (Å²) in [5, 5.41) is 11.7. The lowest BCUT2D eigenvalue weighted by molar-refractivity contribution is 0.0656. The van der Waals surface area contributed by atoms with Gasteiger partial charge in [-0.1, -0.05) is 6.07 Å². The van der Waals surface area contributed by atoms with E-state index in [0.717, 1.165) is 48.7 Å². The van der Waals surface area contributed by atoms with Crippen molar-refractivity contribution >= 4 is 11.6 Å². The van der Waals surface area contributed by atoms with Crippen LogP contribution in [0.4, 0.5) is 5.69 Å². The molecule has 7 nitrogen and oxygen atoms in total. The summed E-state index contributed by atoms with van der Waals surface area (Å²) < 4.78 is 9.15. The minimum atomic E-state index is -0.147. The van der Waals surface area contributed by atoms with Gasteiger partial charge in [0, 0.05) is 37.0 Å². The number of carbonyl (C=O) groups excluding carboxylic acids is 1. The summed E-state index contributed by atoms with van der Waals surface area (Å²) in [5.41, 5.74) is 4.15. The Morgan fingerprint density at radius 3 is 2.78 bits per heavy atom. The standard InChI is InChI=1S/C20H23N5O2/c1-14-4-5-17(24-9-3-8-21-24)12-19(14)23-20(26)18-13-22-25(15(18)2)16-6-10-27-11-7-16/h3-5,8-9,12-13,16H,6-7,10-11H2,1-2H3,(H,23,26). The summed E-state index contributed by atoms with van der Waals surface area (Å²) >= 11 is 0. The Balaban J connectivity index is 1.56. The normalized spacial score (nSPS) is 15.0. The second-order valence-electron chi connectivity index (χ2n) is 6.84. The Hall–Kier alpha value is -2.93. The first-order valence-electron chi connectivity index (χ1n) is 9.17. The molecule has 140 valence electrons. The van der Waals surface area contributed by atoms with Gasteiger partial charge in [-0.25, -0.2) is 4.68 Å². The van der Waals surface area contributed by atoms with Gasteiger partial charge in [0.25, 0.3) is 5.91 Å². The van der Waals surface area contributed by atoms with Crippen molar-refractivity contribution in [3.8, 4) is 5.69 Å². The van der Waals surface area contributed by atoms with Crippen LogP contribution in [0.15, 0.2) is 42.9 Å². The molecule has 0 spiro atoms. The molecule has 0 unspecified atom stereocenters. The van der Waals surface area contributed by atoms with Crippen LogP contribution in [0.25, 0.3) is 5.69 Å². The van der Waals surface area contributed by atoms with Crippen molar-refractivity contribution in [2.24, 2.45) is 0 Å². The lowest BCUT2D eigenvalue weighted by Gasteiger charge is -2.23. The monoisotopic (exact) mass is 365 g/mol. The number of hydrogen-bond donors (Lipinski definition) is 1. The number of rotatable bonds is 4. The highest BCUT2D eigenvalue weighted by molar-refractivity contribution is 6.05. The summed E-state index contributed by atoms with van der Waals surface area (Å²) in [6.07, 6.45) is 7.11. The molecule has 0 atom stereocenters. The number of anilines is 1. The van der Waals surface area contributed by atoms with Crippen LogP contribution in [0.5, 0.6) is 0 Å². The summed E-state index contributed by atoms with van der Waals surface area (Å²) in [5.74, 6) is -0.147. The van der Waals surface area contributed by atoms with Gasteiger partial charge in [0.15, 0.2) is 0 Å². The fourth-order valence-corrected chi connectivity index (χ4v) is 3.44. The van der Waals surface area contributed by atoms with Crippen LogP contribution in [0.2, 0.25) is 0 Å². The first kappa shape index (κ1) is 17.5. The van der Waals surface area contributed by atoms with Gasteiger partial charge in [0.1, 0.15) is 0 Å². The molecule has 1 aliphatic rings. The highest BCUT2D eigenvalue weighted by Crippen LogP contribution is 2.24.